The zero-order chi connectivity index (χ0) is 22.0. The highest BCUT2D eigenvalue weighted by Gasteiger charge is 2.28. The molecule has 1 aliphatic heterocycles. The van der Waals surface area contributed by atoms with Gasteiger partial charge in [-0.3, -0.25) is 4.79 Å². The Morgan fingerprint density at radius 3 is 2.68 bits per heavy atom. The molecule has 0 bridgehead atoms. The minimum atomic E-state index is -0.257. The van der Waals surface area contributed by atoms with Crippen LogP contribution in [0.1, 0.15) is 48.7 Å². The van der Waals surface area contributed by atoms with Crippen molar-refractivity contribution in [2.75, 3.05) is 29.4 Å². The molecule has 8 heteroatoms. The second kappa shape index (κ2) is 9.18. The van der Waals surface area contributed by atoms with Gasteiger partial charge in [0.05, 0.1) is 11.8 Å². The van der Waals surface area contributed by atoms with E-state index in [0.717, 1.165) is 18.4 Å². The van der Waals surface area contributed by atoms with Gasteiger partial charge in [0, 0.05) is 37.9 Å². The van der Waals surface area contributed by atoms with Crippen LogP contribution in [0.5, 0.6) is 0 Å². The molecule has 2 aliphatic rings. The Morgan fingerprint density at radius 1 is 1.19 bits per heavy atom. The predicted molar refractivity (Wildman–Crippen MR) is 118 cm³/mol. The smallest absolute Gasteiger partial charge is 0.270 e. The van der Waals surface area contributed by atoms with E-state index in [1.807, 2.05) is 24.0 Å². The number of hydrogen-bond acceptors (Lipinski definition) is 6. The van der Waals surface area contributed by atoms with Crippen LogP contribution in [0.25, 0.3) is 0 Å². The minimum absolute atomic E-state index is 0.0626. The maximum Gasteiger partial charge on any atom is 0.270 e. The summed E-state index contributed by atoms with van der Waals surface area (Å²) in [5.74, 6) is 0.104. The summed E-state index contributed by atoms with van der Waals surface area (Å²) < 4.78 is 14.4. The van der Waals surface area contributed by atoms with Crippen LogP contribution in [-0.4, -0.2) is 58.8 Å². The molecule has 1 amide bonds. The van der Waals surface area contributed by atoms with Gasteiger partial charge in [0.15, 0.2) is 0 Å². The standard InChI is InChI=1S/C23H30FN5O2/c1-15-3-8-21(19(24)13-15)28-11-12-29(16(2)14-28)23-25-10-9-20(27-23)22(31)26-17-4-6-18(30)7-5-17/h3,8-10,13,16-18,30H,4-7,11-12,14H2,1-2H3,(H,26,31)/t16-,17?,18?/m1/s1. The summed E-state index contributed by atoms with van der Waals surface area (Å²) in [6.45, 7) is 5.87. The molecule has 1 saturated carbocycles. The average molecular weight is 428 g/mol. The van der Waals surface area contributed by atoms with Gasteiger partial charge in [0.25, 0.3) is 5.91 Å². The predicted octanol–water partition coefficient (Wildman–Crippen LogP) is 2.67. The first-order chi connectivity index (χ1) is 14.9. The fourth-order valence-electron chi connectivity index (χ4n) is 4.43. The number of amides is 1. The first-order valence-electron chi connectivity index (χ1n) is 11.0. The summed E-state index contributed by atoms with van der Waals surface area (Å²) in [5, 5.41) is 12.7. The third-order valence-corrected chi connectivity index (χ3v) is 6.24. The maximum atomic E-state index is 14.4. The Morgan fingerprint density at radius 2 is 1.97 bits per heavy atom. The van der Waals surface area contributed by atoms with Crippen LogP contribution < -0.4 is 15.1 Å². The summed E-state index contributed by atoms with van der Waals surface area (Å²) in [5.41, 5.74) is 1.86. The molecule has 7 nitrogen and oxygen atoms in total. The third-order valence-electron chi connectivity index (χ3n) is 6.24. The second-order valence-corrected chi connectivity index (χ2v) is 8.66. The van der Waals surface area contributed by atoms with E-state index >= 15 is 0 Å². The molecule has 1 aliphatic carbocycles. The molecule has 0 unspecified atom stereocenters. The maximum absolute atomic E-state index is 14.4. The van der Waals surface area contributed by atoms with E-state index in [1.165, 1.54) is 0 Å². The van der Waals surface area contributed by atoms with Crippen molar-refractivity contribution in [1.29, 1.82) is 0 Å². The number of aliphatic hydroxyl groups is 1. The van der Waals surface area contributed by atoms with Crippen LogP contribution in [0, 0.1) is 12.7 Å². The summed E-state index contributed by atoms with van der Waals surface area (Å²) >= 11 is 0. The number of anilines is 2. The van der Waals surface area contributed by atoms with Crippen molar-refractivity contribution in [3.63, 3.8) is 0 Å². The van der Waals surface area contributed by atoms with Crippen molar-refractivity contribution >= 4 is 17.5 Å². The number of nitrogens with zero attached hydrogens (tertiary/aromatic N) is 4. The molecule has 0 spiro atoms. The first kappa shape index (κ1) is 21.5. The number of aromatic nitrogens is 2. The number of aliphatic hydroxyl groups excluding tert-OH is 1. The number of nitrogens with one attached hydrogen (secondary N) is 1. The number of rotatable bonds is 4. The first-order valence-corrected chi connectivity index (χ1v) is 11.0. The fourth-order valence-corrected chi connectivity index (χ4v) is 4.43. The third kappa shape index (κ3) is 4.95. The van der Waals surface area contributed by atoms with E-state index in [9.17, 15) is 14.3 Å². The monoisotopic (exact) mass is 427 g/mol. The molecule has 166 valence electrons. The van der Waals surface area contributed by atoms with E-state index in [4.69, 9.17) is 0 Å². The van der Waals surface area contributed by atoms with Crippen LogP contribution in [0.2, 0.25) is 0 Å². The van der Waals surface area contributed by atoms with Gasteiger partial charge < -0.3 is 20.2 Å². The van der Waals surface area contributed by atoms with Crippen molar-refractivity contribution in [3.05, 3.63) is 47.5 Å². The molecule has 2 fully saturated rings. The Balaban J connectivity index is 1.41. The van der Waals surface area contributed by atoms with Crippen LogP contribution in [-0.2, 0) is 0 Å². The Kier molecular flexibility index (Phi) is 6.36. The Bertz CT molecular complexity index is 932. The number of carbonyl (C=O) groups is 1. The van der Waals surface area contributed by atoms with Crippen molar-refractivity contribution in [3.8, 4) is 0 Å². The average Bonchev–Trinajstić information content (AvgIpc) is 2.75. The largest absolute Gasteiger partial charge is 0.393 e. The zero-order valence-corrected chi connectivity index (χ0v) is 18.1. The van der Waals surface area contributed by atoms with Gasteiger partial charge >= 0.3 is 0 Å². The van der Waals surface area contributed by atoms with Gasteiger partial charge in [0.1, 0.15) is 11.5 Å². The molecular formula is C23H30FN5O2. The molecule has 1 aromatic carbocycles. The number of hydrogen-bond donors (Lipinski definition) is 2. The normalized spacial score (nSPS) is 24.2. The summed E-state index contributed by atoms with van der Waals surface area (Å²) in [6, 6.07) is 7.07. The van der Waals surface area contributed by atoms with Gasteiger partial charge in [-0.1, -0.05) is 6.07 Å². The van der Waals surface area contributed by atoms with Gasteiger partial charge in [-0.2, -0.15) is 0 Å². The van der Waals surface area contributed by atoms with Crippen LogP contribution in [0.15, 0.2) is 30.5 Å². The lowest BCUT2D eigenvalue weighted by Gasteiger charge is -2.41. The molecule has 2 heterocycles. The quantitative estimate of drug-likeness (QED) is 0.781. The van der Waals surface area contributed by atoms with Crippen LogP contribution in [0.3, 0.4) is 0 Å². The lowest BCUT2D eigenvalue weighted by molar-refractivity contribution is 0.0863. The summed E-state index contributed by atoms with van der Waals surface area (Å²) in [4.78, 5) is 25.7. The number of piperazine rings is 1. The van der Waals surface area contributed by atoms with E-state index in [1.54, 1.807) is 18.3 Å². The van der Waals surface area contributed by atoms with Crippen LogP contribution >= 0.6 is 0 Å². The number of benzene rings is 1. The molecular weight excluding hydrogens is 397 g/mol. The highest BCUT2D eigenvalue weighted by Crippen LogP contribution is 2.25. The lowest BCUT2D eigenvalue weighted by atomic mass is 9.93. The molecule has 1 saturated heterocycles. The topological polar surface area (TPSA) is 81.6 Å². The number of halogens is 1. The summed E-state index contributed by atoms with van der Waals surface area (Å²) in [6.07, 6.45) is 4.33. The van der Waals surface area contributed by atoms with E-state index < -0.39 is 0 Å². The van der Waals surface area contributed by atoms with Gasteiger partial charge in [-0.05, 0) is 63.3 Å². The van der Waals surface area contributed by atoms with Crippen molar-refractivity contribution in [1.82, 2.24) is 15.3 Å². The highest BCUT2D eigenvalue weighted by atomic mass is 19.1. The molecule has 2 N–H and O–H groups in total. The van der Waals surface area contributed by atoms with Crippen molar-refractivity contribution < 1.29 is 14.3 Å². The molecule has 0 radical (unpaired) electrons. The van der Waals surface area contributed by atoms with Gasteiger partial charge in [-0.25, -0.2) is 14.4 Å². The SMILES string of the molecule is Cc1ccc(N2CCN(c3nccc(C(=O)NC4CCC(O)CC4)n3)[C@H](C)C2)c(F)c1. The Hall–Kier alpha value is -2.74. The van der Waals surface area contributed by atoms with Gasteiger partial charge in [0.2, 0.25) is 5.95 Å². The highest BCUT2D eigenvalue weighted by molar-refractivity contribution is 5.92. The van der Waals surface area contributed by atoms with E-state index in [0.29, 0.717) is 49.8 Å². The molecule has 1 aromatic heterocycles. The minimum Gasteiger partial charge on any atom is -0.393 e. The summed E-state index contributed by atoms with van der Waals surface area (Å²) in [7, 11) is 0. The van der Waals surface area contributed by atoms with Crippen LogP contribution in [0.4, 0.5) is 16.0 Å². The van der Waals surface area contributed by atoms with Crippen molar-refractivity contribution in [2.24, 2.45) is 0 Å². The van der Waals surface area contributed by atoms with Gasteiger partial charge in [-0.15, -0.1) is 0 Å². The number of aryl methyl sites for hydroxylation is 1. The fraction of sp³-hybridized carbons (Fsp3) is 0.522. The van der Waals surface area contributed by atoms with Crippen molar-refractivity contribution in [2.45, 2.75) is 57.7 Å². The molecule has 2 aromatic rings. The lowest BCUT2D eigenvalue weighted by Crippen LogP contribution is -2.53. The second-order valence-electron chi connectivity index (χ2n) is 8.66. The molecule has 1 atom stereocenters. The van der Waals surface area contributed by atoms with E-state index in [2.05, 4.69) is 27.1 Å². The van der Waals surface area contributed by atoms with E-state index in [-0.39, 0.29) is 29.9 Å². The number of carbonyl (C=O) groups excluding carboxylic acids is 1. The zero-order valence-electron chi connectivity index (χ0n) is 18.1. The molecule has 31 heavy (non-hydrogen) atoms. The molecule has 4 rings (SSSR count). The Labute approximate surface area is 182 Å².